The monoisotopic (exact) mass is 321 g/mol. The minimum Gasteiger partial charge on any atom is -0.494 e. The SMILES string of the molecule is CCCCCCCOc1ccc(NC(=O)CC(=O)OCC)cc1. The zero-order valence-corrected chi connectivity index (χ0v) is 14.1. The van der Waals surface area contributed by atoms with E-state index in [0.29, 0.717) is 12.3 Å². The average molecular weight is 321 g/mol. The first-order chi connectivity index (χ1) is 11.2. The molecule has 1 N–H and O–H groups in total. The molecule has 0 unspecified atom stereocenters. The fourth-order valence-corrected chi connectivity index (χ4v) is 2.08. The molecular formula is C18H27NO4. The highest BCUT2D eigenvalue weighted by Crippen LogP contribution is 2.16. The van der Waals surface area contributed by atoms with Crippen molar-refractivity contribution in [2.24, 2.45) is 0 Å². The van der Waals surface area contributed by atoms with E-state index in [-0.39, 0.29) is 18.9 Å². The number of benzene rings is 1. The van der Waals surface area contributed by atoms with Gasteiger partial charge in [0, 0.05) is 5.69 Å². The van der Waals surface area contributed by atoms with Crippen LogP contribution < -0.4 is 10.1 Å². The molecule has 0 saturated heterocycles. The molecule has 1 aromatic carbocycles. The molecule has 0 atom stereocenters. The van der Waals surface area contributed by atoms with Crippen molar-refractivity contribution in [3.05, 3.63) is 24.3 Å². The molecule has 0 aliphatic carbocycles. The van der Waals surface area contributed by atoms with E-state index in [0.717, 1.165) is 12.2 Å². The van der Waals surface area contributed by atoms with Crippen LogP contribution in [-0.2, 0) is 14.3 Å². The number of hydrogen-bond donors (Lipinski definition) is 1. The predicted octanol–water partition coefficient (Wildman–Crippen LogP) is 3.93. The van der Waals surface area contributed by atoms with Gasteiger partial charge in [-0.2, -0.15) is 0 Å². The van der Waals surface area contributed by atoms with Crippen molar-refractivity contribution >= 4 is 17.6 Å². The zero-order chi connectivity index (χ0) is 16.9. The molecule has 0 aliphatic rings. The van der Waals surface area contributed by atoms with Gasteiger partial charge in [0.15, 0.2) is 0 Å². The van der Waals surface area contributed by atoms with Gasteiger partial charge in [-0.3, -0.25) is 9.59 Å². The molecule has 0 spiro atoms. The third-order valence-corrected chi connectivity index (χ3v) is 3.26. The molecule has 1 rings (SSSR count). The Kier molecular flexibility index (Phi) is 9.52. The van der Waals surface area contributed by atoms with E-state index >= 15 is 0 Å². The first-order valence-electron chi connectivity index (χ1n) is 8.34. The van der Waals surface area contributed by atoms with E-state index in [1.54, 1.807) is 19.1 Å². The van der Waals surface area contributed by atoms with Crippen LogP contribution in [0.5, 0.6) is 5.75 Å². The van der Waals surface area contributed by atoms with Gasteiger partial charge in [-0.1, -0.05) is 32.6 Å². The second kappa shape index (κ2) is 11.5. The summed E-state index contributed by atoms with van der Waals surface area (Å²) in [4.78, 5) is 22.8. The molecule has 0 aromatic heterocycles. The number of unbranched alkanes of at least 4 members (excludes halogenated alkanes) is 4. The van der Waals surface area contributed by atoms with E-state index < -0.39 is 5.97 Å². The molecule has 23 heavy (non-hydrogen) atoms. The van der Waals surface area contributed by atoms with E-state index in [2.05, 4.69) is 12.2 Å². The van der Waals surface area contributed by atoms with Crippen LogP contribution in [0.1, 0.15) is 52.4 Å². The maximum Gasteiger partial charge on any atom is 0.315 e. The van der Waals surface area contributed by atoms with E-state index in [1.807, 2.05) is 12.1 Å². The van der Waals surface area contributed by atoms with Crippen LogP contribution in [0, 0.1) is 0 Å². The van der Waals surface area contributed by atoms with E-state index in [1.165, 1.54) is 25.7 Å². The van der Waals surface area contributed by atoms with E-state index in [4.69, 9.17) is 9.47 Å². The molecule has 1 aromatic rings. The molecule has 5 heteroatoms. The number of carbonyl (C=O) groups excluding carboxylic acids is 2. The summed E-state index contributed by atoms with van der Waals surface area (Å²) >= 11 is 0. The minimum absolute atomic E-state index is 0.274. The normalized spacial score (nSPS) is 10.2. The maximum absolute atomic E-state index is 11.6. The van der Waals surface area contributed by atoms with E-state index in [9.17, 15) is 9.59 Å². The Morgan fingerprint density at radius 1 is 1.00 bits per heavy atom. The van der Waals surface area contributed by atoms with Crippen molar-refractivity contribution in [3.8, 4) is 5.75 Å². The lowest BCUT2D eigenvalue weighted by atomic mass is 10.2. The fraction of sp³-hybridized carbons (Fsp3) is 0.556. The summed E-state index contributed by atoms with van der Waals surface area (Å²) in [5, 5.41) is 2.65. The molecule has 0 fully saturated rings. The number of esters is 1. The second-order valence-corrected chi connectivity index (χ2v) is 5.32. The fourth-order valence-electron chi connectivity index (χ4n) is 2.08. The van der Waals surface area contributed by atoms with Gasteiger partial charge in [-0.15, -0.1) is 0 Å². The minimum atomic E-state index is -0.520. The lowest BCUT2D eigenvalue weighted by Gasteiger charge is -2.08. The van der Waals surface area contributed by atoms with Gasteiger partial charge in [0.05, 0.1) is 13.2 Å². The highest BCUT2D eigenvalue weighted by atomic mass is 16.5. The predicted molar refractivity (Wildman–Crippen MR) is 90.6 cm³/mol. The Morgan fingerprint density at radius 2 is 1.70 bits per heavy atom. The van der Waals surface area contributed by atoms with Gasteiger partial charge in [-0.05, 0) is 37.6 Å². The smallest absolute Gasteiger partial charge is 0.315 e. The Hall–Kier alpha value is -2.04. The molecule has 0 saturated carbocycles. The summed E-state index contributed by atoms with van der Waals surface area (Å²) in [6, 6.07) is 7.14. The van der Waals surface area contributed by atoms with Crippen LogP contribution in [0.15, 0.2) is 24.3 Å². The highest BCUT2D eigenvalue weighted by Gasteiger charge is 2.10. The first kappa shape index (κ1) is 19.0. The number of carbonyl (C=O) groups is 2. The van der Waals surface area contributed by atoms with Gasteiger partial charge in [-0.25, -0.2) is 0 Å². The van der Waals surface area contributed by atoms with Crippen LogP contribution in [0.25, 0.3) is 0 Å². The number of hydrogen-bond acceptors (Lipinski definition) is 4. The third kappa shape index (κ3) is 8.86. The number of ether oxygens (including phenoxy) is 2. The molecular weight excluding hydrogens is 294 g/mol. The van der Waals surface area contributed by atoms with Crippen LogP contribution in [-0.4, -0.2) is 25.1 Å². The molecule has 0 heterocycles. The maximum atomic E-state index is 11.6. The Morgan fingerprint density at radius 3 is 2.35 bits per heavy atom. The topological polar surface area (TPSA) is 64.6 Å². The molecule has 128 valence electrons. The van der Waals surface area contributed by atoms with Gasteiger partial charge < -0.3 is 14.8 Å². The van der Waals surface area contributed by atoms with Crippen molar-refractivity contribution in [2.75, 3.05) is 18.5 Å². The molecule has 5 nitrogen and oxygen atoms in total. The van der Waals surface area contributed by atoms with Gasteiger partial charge >= 0.3 is 5.97 Å². The Balaban J connectivity index is 2.27. The second-order valence-electron chi connectivity index (χ2n) is 5.32. The van der Waals surface area contributed by atoms with Crippen LogP contribution in [0.2, 0.25) is 0 Å². The van der Waals surface area contributed by atoms with Crippen molar-refractivity contribution in [1.82, 2.24) is 0 Å². The Labute approximate surface area is 138 Å². The molecule has 0 bridgehead atoms. The van der Waals surface area contributed by atoms with Gasteiger partial charge in [0.25, 0.3) is 0 Å². The molecule has 0 aliphatic heterocycles. The highest BCUT2D eigenvalue weighted by molar-refractivity contribution is 6.01. The summed E-state index contributed by atoms with van der Waals surface area (Å²) in [6.45, 7) is 4.89. The third-order valence-electron chi connectivity index (χ3n) is 3.26. The van der Waals surface area contributed by atoms with Gasteiger partial charge in [0.1, 0.15) is 12.2 Å². The number of amides is 1. The van der Waals surface area contributed by atoms with Gasteiger partial charge in [0.2, 0.25) is 5.91 Å². The number of rotatable bonds is 11. The summed E-state index contributed by atoms with van der Waals surface area (Å²) in [5.74, 6) is -0.120. The molecule has 1 amide bonds. The first-order valence-corrected chi connectivity index (χ1v) is 8.34. The van der Waals surface area contributed by atoms with Crippen LogP contribution in [0.3, 0.4) is 0 Å². The van der Waals surface area contributed by atoms with Crippen LogP contribution >= 0.6 is 0 Å². The molecule has 0 radical (unpaired) electrons. The summed E-state index contributed by atoms with van der Waals surface area (Å²) in [5.41, 5.74) is 0.634. The van der Waals surface area contributed by atoms with Crippen molar-refractivity contribution < 1.29 is 19.1 Å². The Bertz CT molecular complexity index is 470. The number of nitrogens with one attached hydrogen (secondary N) is 1. The van der Waals surface area contributed by atoms with Crippen molar-refractivity contribution in [3.63, 3.8) is 0 Å². The lowest BCUT2D eigenvalue weighted by molar-refractivity contribution is -0.145. The largest absolute Gasteiger partial charge is 0.494 e. The standard InChI is InChI=1S/C18H27NO4/c1-3-5-6-7-8-13-23-16-11-9-15(10-12-16)19-17(20)14-18(21)22-4-2/h9-12H,3-8,13-14H2,1-2H3,(H,19,20). The van der Waals surface area contributed by atoms with Crippen LogP contribution in [0.4, 0.5) is 5.69 Å². The summed E-state index contributed by atoms with van der Waals surface area (Å²) < 4.78 is 10.4. The quantitative estimate of drug-likeness (QED) is 0.381. The lowest BCUT2D eigenvalue weighted by Crippen LogP contribution is -2.18. The summed E-state index contributed by atoms with van der Waals surface area (Å²) in [6.07, 6.45) is 5.74. The number of anilines is 1. The summed E-state index contributed by atoms with van der Waals surface area (Å²) in [7, 11) is 0. The average Bonchev–Trinajstić information content (AvgIpc) is 2.52. The van der Waals surface area contributed by atoms with Crippen molar-refractivity contribution in [1.29, 1.82) is 0 Å². The zero-order valence-electron chi connectivity index (χ0n) is 14.1. The van der Waals surface area contributed by atoms with Crippen molar-refractivity contribution in [2.45, 2.75) is 52.4 Å².